The second-order valence-corrected chi connectivity index (χ2v) is 9.70. The van der Waals surface area contributed by atoms with Gasteiger partial charge < -0.3 is 4.74 Å². The van der Waals surface area contributed by atoms with Crippen molar-refractivity contribution in [3.63, 3.8) is 0 Å². The molecule has 0 aliphatic heterocycles. The second-order valence-electron chi connectivity index (χ2n) is 6.82. The molecule has 1 aromatic rings. The van der Waals surface area contributed by atoms with E-state index < -0.39 is 33.1 Å². The van der Waals surface area contributed by atoms with Crippen LogP contribution in [0.5, 0.6) is 0 Å². The number of benzene rings is 1. The zero-order chi connectivity index (χ0) is 18.7. The van der Waals surface area contributed by atoms with Crippen LogP contribution in [0.25, 0.3) is 0 Å². The molecule has 0 bridgehead atoms. The summed E-state index contributed by atoms with van der Waals surface area (Å²) in [5, 5.41) is 0. The van der Waals surface area contributed by atoms with Crippen LogP contribution in [0, 0.1) is 5.82 Å². The van der Waals surface area contributed by atoms with Crippen LogP contribution in [0.15, 0.2) is 22.7 Å². The van der Waals surface area contributed by atoms with Gasteiger partial charge in [0.05, 0.1) is 21.8 Å². The van der Waals surface area contributed by atoms with E-state index >= 15 is 0 Å². The molecular formula is C17H25BrFNO3S. The van der Waals surface area contributed by atoms with Gasteiger partial charge in [-0.05, 0) is 59.2 Å². The van der Waals surface area contributed by atoms with Crippen molar-refractivity contribution in [2.45, 2.75) is 64.4 Å². The molecule has 0 aliphatic rings. The van der Waals surface area contributed by atoms with Crippen LogP contribution < -0.4 is 4.72 Å². The number of nitrogens with one attached hydrogen (secondary N) is 1. The van der Waals surface area contributed by atoms with Gasteiger partial charge >= 0.3 is 5.97 Å². The minimum atomic E-state index is -1.59. The summed E-state index contributed by atoms with van der Waals surface area (Å²) in [6.07, 6.45) is -0.184. The Bertz CT molecular complexity index is 631. The largest absolute Gasteiger partial charge is 0.461 e. The third-order valence-electron chi connectivity index (χ3n) is 3.43. The van der Waals surface area contributed by atoms with E-state index in [2.05, 4.69) is 20.7 Å². The number of rotatable bonds is 6. The van der Waals surface area contributed by atoms with Gasteiger partial charge in [-0.15, -0.1) is 0 Å². The molecule has 0 aromatic heterocycles. The van der Waals surface area contributed by atoms with Gasteiger partial charge in [0.15, 0.2) is 5.54 Å². The average molecular weight is 422 g/mol. The molecule has 1 rings (SSSR count). The predicted molar refractivity (Wildman–Crippen MR) is 98.3 cm³/mol. The first-order valence-corrected chi connectivity index (χ1v) is 9.74. The minimum Gasteiger partial charge on any atom is -0.461 e. The molecule has 7 heteroatoms. The molecule has 1 N–H and O–H groups in total. The monoisotopic (exact) mass is 421 g/mol. The molecule has 0 fully saturated rings. The maximum Gasteiger partial charge on any atom is 0.332 e. The summed E-state index contributed by atoms with van der Waals surface area (Å²) in [5.74, 6) is -1.20. The molecule has 2 atom stereocenters. The second kappa shape index (κ2) is 8.06. The van der Waals surface area contributed by atoms with Crippen LogP contribution in [0.1, 0.15) is 53.5 Å². The number of carbonyl (C=O) groups is 1. The SMILES string of the molecule is CCC(NS(=O)C(C)(C)C)(C(=O)OC(C)C)c1cc(Br)ccc1F. The van der Waals surface area contributed by atoms with Gasteiger partial charge in [-0.3, -0.25) is 0 Å². The van der Waals surface area contributed by atoms with Crippen LogP contribution in [0.2, 0.25) is 0 Å². The first-order chi connectivity index (χ1) is 10.9. The quantitative estimate of drug-likeness (QED) is 0.700. The lowest BCUT2D eigenvalue weighted by Crippen LogP contribution is -2.54. The summed E-state index contributed by atoms with van der Waals surface area (Å²) in [6.45, 7) is 10.5. The van der Waals surface area contributed by atoms with Crippen LogP contribution in [0.3, 0.4) is 0 Å². The van der Waals surface area contributed by atoms with Crippen LogP contribution in [-0.2, 0) is 26.1 Å². The molecule has 0 saturated carbocycles. The molecule has 136 valence electrons. The van der Waals surface area contributed by atoms with E-state index in [1.54, 1.807) is 47.6 Å². The topological polar surface area (TPSA) is 55.4 Å². The number of carbonyl (C=O) groups excluding carboxylic acids is 1. The highest BCUT2D eigenvalue weighted by molar-refractivity contribution is 9.10. The highest BCUT2D eigenvalue weighted by Gasteiger charge is 2.45. The molecule has 0 saturated heterocycles. The van der Waals surface area contributed by atoms with Gasteiger partial charge in [-0.2, -0.15) is 0 Å². The molecule has 0 heterocycles. The van der Waals surface area contributed by atoms with Gasteiger partial charge in [-0.25, -0.2) is 18.1 Å². The summed E-state index contributed by atoms with van der Waals surface area (Å²) >= 11 is 3.30. The number of ether oxygens (including phenoxy) is 1. The van der Waals surface area contributed by atoms with E-state index in [-0.39, 0.29) is 18.1 Å². The lowest BCUT2D eigenvalue weighted by atomic mass is 9.88. The highest BCUT2D eigenvalue weighted by atomic mass is 79.9. The van der Waals surface area contributed by atoms with Gasteiger partial charge in [0.2, 0.25) is 0 Å². The third-order valence-corrected chi connectivity index (χ3v) is 5.57. The van der Waals surface area contributed by atoms with Crippen molar-refractivity contribution in [1.82, 2.24) is 4.72 Å². The average Bonchev–Trinajstić information content (AvgIpc) is 2.45. The molecule has 0 amide bonds. The normalized spacial score (nSPS) is 15.9. The number of halogens is 2. The Labute approximate surface area is 154 Å². The number of esters is 1. The van der Waals surface area contributed by atoms with Gasteiger partial charge in [0.25, 0.3) is 0 Å². The van der Waals surface area contributed by atoms with Crippen molar-refractivity contribution >= 4 is 32.9 Å². The van der Waals surface area contributed by atoms with E-state index in [0.29, 0.717) is 4.47 Å². The minimum absolute atomic E-state index is 0.114. The van der Waals surface area contributed by atoms with E-state index in [1.807, 2.05) is 0 Å². The Morgan fingerprint density at radius 1 is 1.38 bits per heavy atom. The molecule has 0 spiro atoms. The Morgan fingerprint density at radius 3 is 2.42 bits per heavy atom. The van der Waals surface area contributed by atoms with Crippen molar-refractivity contribution in [1.29, 1.82) is 0 Å². The Hall–Kier alpha value is -0.790. The van der Waals surface area contributed by atoms with Crippen molar-refractivity contribution < 1.29 is 18.1 Å². The summed E-state index contributed by atoms with van der Waals surface area (Å²) in [4.78, 5) is 12.8. The van der Waals surface area contributed by atoms with Crippen LogP contribution in [0.4, 0.5) is 4.39 Å². The van der Waals surface area contributed by atoms with E-state index in [4.69, 9.17) is 4.74 Å². The Morgan fingerprint density at radius 2 is 1.96 bits per heavy atom. The zero-order valence-electron chi connectivity index (χ0n) is 14.9. The first-order valence-electron chi connectivity index (χ1n) is 7.80. The summed E-state index contributed by atoms with van der Waals surface area (Å²) in [5.41, 5.74) is -1.42. The fourth-order valence-electron chi connectivity index (χ4n) is 2.06. The summed E-state index contributed by atoms with van der Waals surface area (Å²) in [7, 11) is -1.59. The standard InChI is InChI=1S/C17H25BrFNO3S/c1-7-17(15(21)23-11(2)3,20-24(22)16(4,5)6)13-10-12(18)8-9-14(13)19/h8-11,20H,7H2,1-6H3. The molecule has 4 nitrogen and oxygen atoms in total. The van der Waals surface area contributed by atoms with Crippen molar-refractivity contribution in [3.8, 4) is 0 Å². The third kappa shape index (κ3) is 4.86. The molecule has 24 heavy (non-hydrogen) atoms. The van der Waals surface area contributed by atoms with E-state index in [9.17, 15) is 13.4 Å². The van der Waals surface area contributed by atoms with Gasteiger partial charge in [0, 0.05) is 10.0 Å². The molecule has 0 aliphatic carbocycles. The van der Waals surface area contributed by atoms with Crippen molar-refractivity contribution in [3.05, 3.63) is 34.1 Å². The lowest BCUT2D eigenvalue weighted by Gasteiger charge is -2.35. The smallest absolute Gasteiger partial charge is 0.332 e. The van der Waals surface area contributed by atoms with Crippen LogP contribution >= 0.6 is 15.9 Å². The van der Waals surface area contributed by atoms with Crippen molar-refractivity contribution in [2.24, 2.45) is 0 Å². The zero-order valence-corrected chi connectivity index (χ0v) is 17.3. The van der Waals surface area contributed by atoms with Gasteiger partial charge in [0.1, 0.15) is 5.82 Å². The number of hydrogen-bond acceptors (Lipinski definition) is 3. The van der Waals surface area contributed by atoms with Crippen molar-refractivity contribution in [2.75, 3.05) is 0 Å². The summed E-state index contributed by atoms with van der Waals surface area (Å²) < 4.78 is 35.4. The van der Waals surface area contributed by atoms with Crippen LogP contribution in [-0.4, -0.2) is 21.0 Å². The predicted octanol–water partition coefficient (Wildman–Crippen LogP) is 4.20. The fourth-order valence-corrected chi connectivity index (χ4v) is 3.39. The van der Waals surface area contributed by atoms with Gasteiger partial charge in [-0.1, -0.05) is 22.9 Å². The molecular weight excluding hydrogens is 397 g/mol. The summed E-state index contributed by atoms with van der Waals surface area (Å²) in [6, 6.07) is 4.34. The molecule has 0 radical (unpaired) electrons. The Kier molecular flexibility index (Phi) is 7.14. The lowest BCUT2D eigenvalue weighted by molar-refractivity contribution is -0.155. The fraction of sp³-hybridized carbons (Fsp3) is 0.588. The first kappa shape index (κ1) is 21.3. The highest BCUT2D eigenvalue weighted by Crippen LogP contribution is 2.33. The maximum atomic E-state index is 14.5. The Balaban J connectivity index is 3.51. The maximum absolute atomic E-state index is 14.5. The van der Waals surface area contributed by atoms with E-state index in [1.165, 1.54) is 12.1 Å². The number of hydrogen-bond donors (Lipinski definition) is 1. The van der Waals surface area contributed by atoms with E-state index in [0.717, 1.165) is 0 Å². The molecule has 2 unspecified atom stereocenters. The molecule has 1 aromatic carbocycles.